The normalized spacial score (nSPS) is 17.7. The monoisotopic (exact) mass is 614 g/mol. The van der Waals surface area contributed by atoms with Gasteiger partial charge in [-0.05, 0) is 98.9 Å². The van der Waals surface area contributed by atoms with E-state index in [0.29, 0.717) is 25.0 Å². The fourth-order valence-electron chi connectivity index (χ4n) is 7.82. The highest BCUT2D eigenvalue weighted by Crippen LogP contribution is 2.41. The maximum atomic E-state index is 13.9. The zero-order valence-electron chi connectivity index (χ0n) is 29.2. The lowest BCUT2D eigenvalue weighted by atomic mass is 9.70. The van der Waals surface area contributed by atoms with Crippen LogP contribution < -0.4 is 0 Å². The van der Waals surface area contributed by atoms with E-state index in [9.17, 15) is 19.2 Å². The van der Waals surface area contributed by atoms with Crippen molar-refractivity contribution in [2.24, 2.45) is 23.7 Å². The van der Waals surface area contributed by atoms with Crippen molar-refractivity contribution in [3.05, 3.63) is 58.1 Å². The Morgan fingerprint density at radius 2 is 1.58 bits per heavy atom. The van der Waals surface area contributed by atoms with Crippen LogP contribution in [-0.2, 0) is 27.2 Å². The fourth-order valence-corrected chi connectivity index (χ4v) is 7.82. The molecule has 2 aliphatic rings. The molecule has 0 amide bonds. The van der Waals surface area contributed by atoms with Crippen molar-refractivity contribution in [3.63, 3.8) is 0 Å². The highest BCUT2D eigenvalue weighted by atomic mass is 16.1. The summed E-state index contributed by atoms with van der Waals surface area (Å²) in [4.78, 5) is 51.7. The minimum atomic E-state index is -0.136. The van der Waals surface area contributed by atoms with Gasteiger partial charge in [0, 0.05) is 30.2 Å². The number of benzene rings is 2. The van der Waals surface area contributed by atoms with Crippen LogP contribution >= 0.6 is 0 Å². The molecule has 0 aliphatic heterocycles. The number of Topliss-reactive ketones (excluding diaryl/α,β-unsaturated/α-hetero) is 4. The number of aryl methyl sites for hydroxylation is 2. The quantitative estimate of drug-likeness (QED) is 0.199. The Morgan fingerprint density at radius 3 is 2.16 bits per heavy atom. The van der Waals surface area contributed by atoms with Crippen LogP contribution in [0, 0.1) is 37.5 Å². The minimum Gasteiger partial charge on any atom is -0.300 e. The third-order valence-corrected chi connectivity index (χ3v) is 10.0. The number of hydrogen-bond acceptors (Lipinski definition) is 4. The summed E-state index contributed by atoms with van der Waals surface area (Å²) in [5.74, 6) is 0.966. The summed E-state index contributed by atoms with van der Waals surface area (Å²) in [7, 11) is 0. The van der Waals surface area contributed by atoms with Crippen molar-refractivity contribution < 1.29 is 19.2 Å². The highest BCUT2D eigenvalue weighted by Gasteiger charge is 2.35. The van der Waals surface area contributed by atoms with Crippen LogP contribution in [0.15, 0.2) is 30.3 Å². The highest BCUT2D eigenvalue weighted by molar-refractivity contribution is 6.02. The van der Waals surface area contributed by atoms with E-state index >= 15 is 0 Å². The van der Waals surface area contributed by atoms with Gasteiger partial charge in [0.25, 0.3) is 0 Å². The van der Waals surface area contributed by atoms with Crippen LogP contribution in [-0.4, -0.2) is 23.1 Å². The van der Waals surface area contributed by atoms with Crippen molar-refractivity contribution in [2.75, 3.05) is 0 Å². The molecule has 45 heavy (non-hydrogen) atoms. The molecular formula is C41H58O4. The molecule has 0 bridgehead atoms. The third kappa shape index (κ3) is 9.80. The Labute approximate surface area is 273 Å². The first-order chi connectivity index (χ1) is 21.5. The van der Waals surface area contributed by atoms with Crippen LogP contribution in [0.25, 0.3) is 11.1 Å². The number of ketones is 4. The molecule has 3 atom stereocenters. The molecule has 2 aromatic carbocycles. The molecule has 4 rings (SSSR count). The van der Waals surface area contributed by atoms with E-state index in [1.165, 1.54) is 18.9 Å². The molecule has 0 aromatic heterocycles. The van der Waals surface area contributed by atoms with Gasteiger partial charge in [0.05, 0.1) is 6.42 Å². The topological polar surface area (TPSA) is 68.3 Å². The molecule has 0 radical (unpaired) electrons. The number of rotatable bonds is 14. The molecule has 1 fully saturated rings. The van der Waals surface area contributed by atoms with Crippen molar-refractivity contribution >= 4 is 23.1 Å². The Hall–Kier alpha value is -2.88. The van der Waals surface area contributed by atoms with Gasteiger partial charge in [-0.2, -0.15) is 0 Å². The van der Waals surface area contributed by atoms with E-state index in [1.807, 2.05) is 6.92 Å². The first-order valence-corrected chi connectivity index (χ1v) is 17.8. The molecule has 0 N–H and O–H groups in total. The Bertz CT molecular complexity index is 1310. The van der Waals surface area contributed by atoms with Gasteiger partial charge in [0.1, 0.15) is 17.3 Å². The van der Waals surface area contributed by atoms with Crippen molar-refractivity contribution in [1.29, 1.82) is 0 Å². The molecular weight excluding hydrogens is 556 g/mol. The van der Waals surface area contributed by atoms with Gasteiger partial charge in [-0.3, -0.25) is 19.2 Å². The summed E-state index contributed by atoms with van der Waals surface area (Å²) in [6.45, 7) is 14.1. The molecule has 0 saturated heterocycles. The summed E-state index contributed by atoms with van der Waals surface area (Å²) in [5, 5.41) is 0. The van der Waals surface area contributed by atoms with Gasteiger partial charge in [-0.1, -0.05) is 95.7 Å². The smallest absolute Gasteiger partial charge is 0.163 e. The summed E-state index contributed by atoms with van der Waals surface area (Å²) in [6.07, 6.45) is 11.6. The lowest BCUT2D eigenvalue weighted by Crippen LogP contribution is -2.30. The summed E-state index contributed by atoms with van der Waals surface area (Å²) < 4.78 is 0. The number of fused-ring (bicyclic) bond motifs is 1. The molecule has 4 heteroatoms. The Kier molecular flexibility index (Phi) is 14.4. The second-order valence-corrected chi connectivity index (χ2v) is 13.9. The largest absolute Gasteiger partial charge is 0.300 e. The predicted molar refractivity (Wildman–Crippen MR) is 186 cm³/mol. The van der Waals surface area contributed by atoms with E-state index in [0.717, 1.165) is 91.2 Å². The van der Waals surface area contributed by atoms with Gasteiger partial charge in [0.2, 0.25) is 0 Å². The van der Waals surface area contributed by atoms with E-state index in [2.05, 4.69) is 65.0 Å². The minimum absolute atomic E-state index is 0.00788. The Morgan fingerprint density at radius 1 is 0.933 bits per heavy atom. The van der Waals surface area contributed by atoms with E-state index in [1.54, 1.807) is 0 Å². The molecule has 3 unspecified atom stereocenters. The molecule has 0 spiro atoms. The third-order valence-electron chi connectivity index (χ3n) is 10.0. The zero-order valence-corrected chi connectivity index (χ0v) is 29.2. The van der Waals surface area contributed by atoms with Crippen molar-refractivity contribution in [3.8, 4) is 11.1 Å². The van der Waals surface area contributed by atoms with Crippen LogP contribution in [0.1, 0.15) is 144 Å². The fraction of sp³-hybridized carbons (Fsp3) is 0.610. The zero-order chi connectivity index (χ0) is 33.1. The van der Waals surface area contributed by atoms with Gasteiger partial charge in [-0.25, -0.2) is 0 Å². The van der Waals surface area contributed by atoms with Gasteiger partial charge in [-0.15, -0.1) is 0 Å². The van der Waals surface area contributed by atoms with Gasteiger partial charge >= 0.3 is 0 Å². The number of carbonyl (C=O) groups excluding carboxylic acids is 4. The van der Waals surface area contributed by atoms with E-state index in [-0.39, 0.29) is 47.4 Å². The maximum absolute atomic E-state index is 13.9. The molecule has 246 valence electrons. The van der Waals surface area contributed by atoms with Crippen LogP contribution in [0.3, 0.4) is 0 Å². The SMILES string of the molecule is CCC.CCCC(CC1CC(=O)c2c(C)c(CCC(=O)C3CCCC3)cc(-c3ccc(C)cc3)c2C1)C(CC)C(=O)CC(C)=O. The van der Waals surface area contributed by atoms with Crippen LogP contribution in [0.4, 0.5) is 0 Å². The summed E-state index contributed by atoms with van der Waals surface area (Å²) in [5.41, 5.74) is 7.56. The van der Waals surface area contributed by atoms with Crippen molar-refractivity contribution in [2.45, 2.75) is 138 Å². The molecule has 0 heterocycles. The average molecular weight is 615 g/mol. The molecule has 2 aromatic rings. The molecule has 4 nitrogen and oxygen atoms in total. The second kappa shape index (κ2) is 17.7. The average Bonchev–Trinajstić information content (AvgIpc) is 3.53. The maximum Gasteiger partial charge on any atom is 0.163 e. The summed E-state index contributed by atoms with van der Waals surface area (Å²) in [6, 6.07) is 10.8. The van der Waals surface area contributed by atoms with Gasteiger partial charge < -0.3 is 0 Å². The Balaban J connectivity index is 0.00000177. The van der Waals surface area contributed by atoms with Gasteiger partial charge in [0.15, 0.2) is 5.78 Å². The lowest BCUT2D eigenvalue weighted by Gasteiger charge is -2.33. The second-order valence-electron chi connectivity index (χ2n) is 13.9. The van der Waals surface area contributed by atoms with E-state index in [4.69, 9.17) is 0 Å². The number of carbonyl (C=O) groups is 4. The van der Waals surface area contributed by atoms with E-state index < -0.39 is 0 Å². The van der Waals surface area contributed by atoms with Crippen molar-refractivity contribution in [1.82, 2.24) is 0 Å². The van der Waals surface area contributed by atoms with Crippen LogP contribution in [0.5, 0.6) is 0 Å². The molecule has 2 aliphatic carbocycles. The lowest BCUT2D eigenvalue weighted by molar-refractivity contribution is -0.130. The first kappa shape index (κ1) is 36.6. The van der Waals surface area contributed by atoms with Crippen LogP contribution in [0.2, 0.25) is 0 Å². The first-order valence-electron chi connectivity index (χ1n) is 17.8. The molecule has 1 saturated carbocycles. The number of hydrogen-bond donors (Lipinski definition) is 0. The standard InChI is InChI=1S/C38H50O4.C3H8/c1-6-10-31(32(7-2)36(41)19-25(4)39)20-27-21-34-33(28-15-13-24(3)14-16-28)23-30(26(5)38(34)37(42)22-27)17-18-35(40)29-11-8-9-12-29;1-3-2/h13-16,23,27,29,31-32H,6-12,17-22H2,1-5H3;3H2,1-2H3. The predicted octanol–water partition coefficient (Wildman–Crippen LogP) is 10.2. The summed E-state index contributed by atoms with van der Waals surface area (Å²) >= 11 is 0.